The van der Waals surface area contributed by atoms with Gasteiger partial charge in [-0.25, -0.2) is 4.79 Å². The van der Waals surface area contributed by atoms with E-state index in [2.05, 4.69) is 50.2 Å². The van der Waals surface area contributed by atoms with Crippen molar-refractivity contribution in [2.75, 3.05) is 7.11 Å². The Balaban J connectivity index is 1.77. The van der Waals surface area contributed by atoms with Gasteiger partial charge in [-0.2, -0.15) is 0 Å². The van der Waals surface area contributed by atoms with Gasteiger partial charge in [-0.3, -0.25) is 13.9 Å². The smallest absolute Gasteiger partial charge is 0.331 e. The molecular formula is C29H28N2O3S2. The van der Waals surface area contributed by atoms with Crippen LogP contribution >= 0.6 is 23.1 Å². The summed E-state index contributed by atoms with van der Waals surface area (Å²) in [6, 6.07) is 22.6. The van der Waals surface area contributed by atoms with Crippen molar-refractivity contribution in [2.24, 2.45) is 13.0 Å². The lowest BCUT2D eigenvalue weighted by atomic mass is 10.0. The van der Waals surface area contributed by atoms with E-state index in [1.807, 2.05) is 30.3 Å². The minimum atomic E-state index is -0.267. The normalized spacial score (nSPS) is 11.6. The van der Waals surface area contributed by atoms with Crippen LogP contribution < -0.4 is 16.0 Å². The molecule has 0 radical (unpaired) electrons. The van der Waals surface area contributed by atoms with Gasteiger partial charge in [0.25, 0.3) is 5.56 Å². The van der Waals surface area contributed by atoms with Crippen molar-refractivity contribution in [1.29, 1.82) is 0 Å². The van der Waals surface area contributed by atoms with Crippen LogP contribution in [0.4, 0.5) is 0 Å². The molecule has 0 saturated heterocycles. The molecule has 0 aliphatic carbocycles. The third kappa shape index (κ3) is 4.49. The van der Waals surface area contributed by atoms with E-state index < -0.39 is 0 Å². The average molecular weight is 517 g/mol. The topological polar surface area (TPSA) is 53.2 Å². The Morgan fingerprint density at radius 2 is 1.75 bits per heavy atom. The number of fused-ring (bicyclic) bond motifs is 2. The molecule has 0 unspecified atom stereocenters. The second-order valence-corrected chi connectivity index (χ2v) is 11.4. The first kappa shape index (κ1) is 24.4. The van der Waals surface area contributed by atoms with Crippen LogP contribution in [0, 0.1) is 5.92 Å². The summed E-state index contributed by atoms with van der Waals surface area (Å²) in [6.07, 6.45) is 0.673. The Morgan fingerprint density at radius 3 is 2.53 bits per heavy atom. The molecule has 36 heavy (non-hydrogen) atoms. The number of aromatic nitrogens is 2. The summed E-state index contributed by atoms with van der Waals surface area (Å²) in [6.45, 7) is 4.72. The molecule has 5 rings (SSSR count). The lowest BCUT2D eigenvalue weighted by Gasteiger charge is -2.12. The summed E-state index contributed by atoms with van der Waals surface area (Å²) in [5, 5.41) is 3.00. The Labute approximate surface area is 218 Å². The summed E-state index contributed by atoms with van der Waals surface area (Å²) in [4.78, 5) is 30.4. The highest BCUT2D eigenvalue weighted by molar-refractivity contribution is 7.99. The number of ether oxygens (including phenoxy) is 1. The molecular weight excluding hydrogens is 488 g/mol. The standard InChI is InChI=1S/C29H28N2O3S2/c1-18(2)17-31-28-25(27(32)30(3)29(31)33)26(35-22-13-8-12-21(16-22)34-4)24(36-28)15-20-11-7-10-19-9-5-6-14-23(19)20/h5-14,16,18H,15,17H2,1-4H3. The molecule has 0 amide bonds. The molecule has 7 heteroatoms. The van der Waals surface area contributed by atoms with E-state index in [0.29, 0.717) is 18.4 Å². The van der Waals surface area contributed by atoms with Crippen molar-refractivity contribution in [2.45, 2.75) is 36.6 Å². The van der Waals surface area contributed by atoms with Crippen molar-refractivity contribution in [3.8, 4) is 5.75 Å². The van der Waals surface area contributed by atoms with Gasteiger partial charge in [0.1, 0.15) is 10.6 Å². The first-order chi connectivity index (χ1) is 17.4. The third-order valence-corrected chi connectivity index (χ3v) is 8.72. The number of rotatable bonds is 7. The highest BCUT2D eigenvalue weighted by Gasteiger charge is 2.23. The minimum absolute atomic E-state index is 0.249. The molecule has 0 aliphatic rings. The zero-order chi connectivity index (χ0) is 25.4. The highest BCUT2D eigenvalue weighted by atomic mass is 32.2. The summed E-state index contributed by atoms with van der Waals surface area (Å²) < 4.78 is 8.45. The maximum atomic E-state index is 13.5. The van der Waals surface area contributed by atoms with Gasteiger partial charge < -0.3 is 4.74 Å². The van der Waals surface area contributed by atoms with Gasteiger partial charge in [-0.05, 0) is 40.5 Å². The van der Waals surface area contributed by atoms with Crippen LogP contribution in [0.2, 0.25) is 0 Å². The van der Waals surface area contributed by atoms with Crippen LogP contribution in [0.5, 0.6) is 5.75 Å². The Hall–Kier alpha value is -3.29. The molecule has 0 bridgehead atoms. The number of thiophene rings is 1. The first-order valence-electron chi connectivity index (χ1n) is 11.9. The average Bonchev–Trinajstić information content (AvgIpc) is 3.23. The molecule has 2 heterocycles. The monoisotopic (exact) mass is 516 g/mol. The second kappa shape index (κ2) is 9.99. The predicted molar refractivity (Wildman–Crippen MR) is 150 cm³/mol. The molecule has 0 atom stereocenters. The van der Waals surface area contributed by atoms with Gasteiger partial charge in [-0.15, -0.1) is 11.3 Å². The van der Waals surface area contributed by atoms with Crippen molar-refractivity contribution >= 4 is 44.1 Å². The van der Waals surface area contributed by atoms with E-state index in [-0.39, 0.29) is 17.2 Å². The molecule has 0 spiro atoms. The van der Waals surface area contributed by atoms with E-state index in [9.17, 15) is 9.59 Å². The van der Waals surface area contributed by atoms with E-state index in [0.717, 1.165) is 25.2 Å². The number of benzene rings is 3. The van der Waals surface area contributed by atoms with Crippen LogP contribution in [0.25, 0.3) is 21.0 Å². The number of hydrogen-bond donors (Lipinski definition) is 0. The van der Waals surface area contributed by atoms with Crippen molar-refractivity contribution in [3.63, 3.8) is 0 Å². The maximum absolute atomic E-state index is 13.5. The second-order valence-electron chi connectivity index (χ2n) is 9.28. The van der Waals surface area contributed by atoms with E-state index in [1.165, 1.54) is 20.9 Å². The summed E-state index contributed by atoms with van der Waals surface area (Å²) in [5.41, 5.74) is 0.680. The SMILES string of the molecule is COc1cccc(Sc2c(Cc3cccc4ccccc34)sc3c2c(=O)n(C)c(=O)n3CC(C)C)c1. The molecule has 0 N–H and O–H groups in total. The van der Waals surface area contributed by atoms with Crippen LogP contribution in [0.15, 0.2) is 86.1 Å². The van der Waals surface area contributed by atoms with E-state index in [4.69, 9.17) is 4.74 Å². The quantitative estimate of drug-likeness (QED) is 0.254. The highest BCUT2D eigenvalue weighted by Crippen LogP contribution is 2.42. The van der Waals surface area contributed by atoms with Gasteiger partial charge in [0, 0.05) is 34.7 Å². The number of hydrogen-bond acceptors (Lipinski definition) is 5. The van der Waals surface area contributed by atoms with E-state index in [1.54, 1.807) is 41.8 Å². The van der Waals surface area contributed by atoms with Gasteiger partial charge in [-0.1, -0.05) is 74.1 Å². The summed E-state index contributed by atoms with van der Waals surface area (Å²) in [5.74, 6) is 1.03. The number of nitrogens with zero attached hydrogens (tertiary/aromatic N) is 2. The largest absolute Gasteiger partial charge is 0.497 e. The lowest BCUT2D eigenvalue weighted by Crippen LogP contribution is -2.38. The number of methoxy groups -OCH3 is 1. The predicted octanol–water partition coefficient (Wildman–Crippen LogP) is 6.32. The van der Waals surface area contributed by atoms with Crippen LogP contribution in [-0.4, -0.2) is 16.2 Å². The van der Waals surface area contributed by atoms with Gasteiger partial charge in [0.05, 0.1) is 12.5 Å². The fourth-order valence-electron chi connectivity index (χ4n) is 4.50. The van der Waals surface area contributed by atoms with E-state index >= 15 is 0 Å². The molecule has 0 saturated carbocycles. The van der Waals surface area contributed by atoms with Crippen LogP contribution in [0.3, 0.4) is 0 Å². The van der Waals surface area contributed by atoms with Gasteiger partial charge >= 0.3 is 5.69 Å². The Bertz CT molecular complexity index is 1690. The molecule has 5 nitrogen and oxygen atoms in total. The van der Waals surface area contributed by atoms with Crippen molar-refractivity contribution in [3.05, 3.63) is 98.0 Å². The summed E-state index contributed by atoms with van der Waals surface area (Å²) >= 11 is 3.12. The molecule has 5 aromatic rings. The third-order valence-electron chi connectivity index (χ3n) is 6.24. The van der Waals surface area contributed by atoms with Crippen LogP contribution in [0.1, 0.15) is 24.3 Å². The first-order valence-corrected chi connectivity index (χ1v) is 13.5. The fourth-order valence-corrected chi connectivity index (χ4v) is 7.06. The lowest BCUT2D eigenvalue weighted by molar-refractivity contribution is 0.413. The fraction of sp³-hybridized carbons (Fsp3) is 0.241. The molecule has 0 fully saturated rings. The molecule has 2 aromatic heterocycles. The minimum Gasteiger partial charge on any atom is -0.497 e. The van der Waals surface area contributed by atoms with Gasteiger partial charge in [0.15, 0.2) is 0 Å². The zero-order valence-corrected chi connectivity index (χ0v) is 22.4. The van der Waals surface area contributed by atoms with Gasteiger partial charge in [0.2, 0.25) is 0 Å². The molecule has 184 valence electrons. The zero-order valence-electron chi connectivity index (χ0n) is 20.8. The maximum Gasteiger partial charge on any atom is 0.331 e. The van der Waals surface area contributed by atoms with Crippen LogP contribution in [-0.2, 0) is 20.0 Å². The van der Waals surface area contributed by atoms with Crippen molar-refractivity contribution < 1.29 is 4.74 Å². The Kier molecular flexibility index (Phi) is 6.77. The molecule has 0 aliphatic heterocycles. The Morgan fingerprint density at radius 1 is 1.00 bits per heavy atom. The van der Waals surface area contributed by atoms with Crippen molar-refractivity contribution in [1.82, 2.24) is 9.13 Å². The molecule has 3 aromatic carbocycles. The summed E-state index contributed by atoms with van der Waals surface area (Å²) in [7, 11) is 3.22.